The van der Waals surface area contributed by atoms with Crippen molar-refractivity contribution < 1.29 is 75.7 Å². The lowest BCUT2D eigenvalue weighted by atomic mass is 10.1. The molecule has 0 spiro atoms. The summed E-state index contributed by atoms with van der Waals surface area (Å²) in [5.74, 6) is -7.57. The summed E-state index contributed by atoms with van der Waals surface area (Å²) in [6.07, 6.45) is 0.559. The van der Waals surface area contributed by atoms with Gasteiger partial charge >= 0.3 is 24.1 Å². The standard InChI is InChI=1S/C74H80F2N8O14/c75-61-34-30-53(31-35-61)38-42-77-65(85)45-83(47-67(87)81-63(71(91)95-49-55-18-5-1-6-19-55)28-13-15-40-79-73(93)97-51-57-22-9-3-10-23-57)69(89)59-26-17-27-60(44-59)70(90)84(46-66(86)78-43-39-54-32-36-62(76)37-33-54)48-68(88)82-64(72(92)96-50-56-20-7-2-8-21-56)29-14-16-41-80-74(94)98-52-58-24-11-4-12-25-58/h1-12,17-27,30-37,44,63-64H,13-16,28-29,38-43,45-52H2,(H,77,85)(H,78,86)(H,79,93)(H,80,94)(H,81,87)(H,82,88)/t63-,64-/m1/s1. The second-order valence-electron chi connectivity index (χ2n) is 22.8. The summed E-state index contributed by atoms with van der Waals surface area (Å²) in [5.41, 5.74) is 3.87. The van der Waals surface area contributed by atoms with Crippen LogP contribution in [0.1, 0.15) is 92.6 Å². The molecule has 0 aliphatic heterocycles. The van der Waals surface area contributed by atoms with Crippen LogP contribution in [0.4, 0.5) is 18.4 Å². The molecule has 6 N–H and O–H groups in total. The maximum absolute atomic E-state index is 14.8. The van der Waals surface area contributed by atoms with Crippen molar-refractivity contribution >= 4 is 59.6 Å². The fourth-order valence-corrected chi connectivity index (χ4v) is 9.86. The SMILES string of the molecule is O=C(CN(CC(=O)N[C@H](CCCCNC(=O)OCc1ccccc1)C(=O)OCc1ccccc1)C(=O)c1cccc(C(=O)N(CC(=O)NCCc2ccc(F)cc2)CC(=O)N[C@H](CCCCNC(=O)OCc2ccccc2)C(=O)OCc2ccccc2)c1)NCCc1ccc(F)cc1. The predicted molar refractivity (Wildman–Crippen MR) is 358 cm³/mol. The minimum atomic E-state index is -1.28. The quantitative estimate of drug-likeness (QED) is 0.0121. The highest BCUT2D eigenvalue weighted by Crippen LogP contribution is 2.16. The lowest BCUT2D eigenvalue weighted by Crippen LogP contribution is -2.50. The number of esters is 2. The summed E-state index contributed by atoms with van der Waals surface area (Å²) >= 11 is 0. The third-order valence-electron chi connectivity index (χ3n) is 15.1. The molecule has 7 aromatic rings. The highest BCUT2D eigenvalue weighted by molar-refractivity contribution is 6.03. The van der Waals surface area contributed by atoms with Crippen LogP contribution in [0.3, 0.4) is 0 Å². The lowest BCUT2D eigenvalue weighted by Gasteiger charge is -2.25. The smallest absolute Gasteiger partial charge is 0.407 e. The number of amides is 8. The largest absolute Gasteiger partial charge is 0.459 e. The van der Waals surface area contributed by atoms with Gasteiger partial charge < -0.3 is 60.6 Å². The van der Waals surface area contributed by atoms with Crippen molar-refractivity contribution in [3.63, 3.8) is 0 Å². The molecule has 0 unspecified atom stereocenters. The molecular formula is C74H80F2N8O14. The van der Waals surface area contributed by atoms with Gasteiger partial charge in [-0.3, -0.25) is 28.8 Å². The van der Waals surface area contributed by atoms with Crippen LogP contribution < -0.4 is 31.9 Å². The number of ether oxygens (including phenoxy) is 4. The van der Waals surface area contributed by atoms with Gasteiger partial charge in [0.1, 0.15) is 76.3 Å². The Morgan fingerprint density at radius 1 is 0.337 bits per heavy atom. The average Bonchev–Trinajstić information content (AvgIpc) is 0.844. The summed E-state index contributed by atoms with van der Waals surface area (Å²) in [7, 11) is 0. The number of hydrogen-bond donors (Lipinski definition) is 6. The molecule has 7 rings (SSSR count). The Hall–Kier alpha value is -11.3. The Morgan fingerprint density at radius 2 is 0.663 bits per heavy atom. The van der Waals surface area contributed by atoms with Crippen molar-refractivity contribution in [2.75, 3.05) is 52.4 Å². The van der Waals surface area contributed by atoms with E-state index in [0.29, 0.717) is 35.1 Å². The molecular weight excluding hydrogens is 1260 g/mol. The molecule has 98 heavy (non-hydrogen) atoms. The summed E-state index contributed by atoms with van der Waals surface area (Å²) in [6, 6.07) is 49.7. The third-order valence-corrected chi connectivity index (χ3v) is 15.1. The number of unbranched alkanes of at least 4 members (excludes halogenated alkanes) is 2. The van der Waals surface area contributed by atoms with Crippen molar-refractivity contribution in [2.24, 2.45) is 0 Å². The Labute approximate surface area is 567 Å². The number of nitrogens with zero attached hydrogens (tertiary/aromatic N) is 2. The fourth-order valence-electron chi connectivity index (χ4n) is 9.86. The van der Waals surface area contributed by atoms with Gasteiger partial charge in [-0.25, -0.2) is 28.0 Å². The Bertz CT molecular complexity index is 3470. The first kappa shape index (κ1) is 74.1. The number of rotatable bonds is 38. The van der Waals surface area contributed by atoms with Crippen molar-refractivity contribution in [3.05, 3.63) is 250 Å². The van der Waals surface area contributed by atoms with Crippen LogP contribution in [-0.2, 0) is 87.0 Å². The zero-order chi connectivity index (χ0) is 69.7. The molecule has 0 fully saturated rings. The number of benzene rings is 7. The molecule has 7 aromatic carbocycles. The highest BCUT2D eigenvalue weighted by Gasteiger charge is 2.30. The van der Waals surface area contributed by atoms with Crippen LogP contribution in [0.5, 0.6) is 0 Å². The van der Waals surface area contributed by atoms with Gasteiger partial charge in [-0.05, 0) is 127 Å². The maximum Gasteiger partial charge on any atom is 0.407 e. The van der Waals surface area contributed by atoms with Gasteiger partial charge in [0.15, 0.2) is 0 Å². The minimum absolute atomic E-state index is 0.0230. The van der Waals surface area contributed by atoms with Gasteiger partial charge in [0, 0.05) is 37.3 Å². The van der Waals surface area contributed by atoms with Crippen LogP contribution in [-0.4, -0.2) is 134 Å². The van der Waals surface area contributed by atoms with Crippen molar-refractivity contribution in [3.8, 4) is 0 Å². The number of nitrogens with one attached hydrogen (secondary N) is 6. The Balaban J connectivity index is 1.07. The minimum Gasteiger partial charge on any atom is -0.459 e. The molecule has 0 aliphatic rings. The van der Waals surface area contributed by atoms with Crippen LogP contribution in [0.25, 0.3) is 0 Å². The molecule has 0 aliphatic carbocycles. The van der Waals surface area contributed by atoms with Gasteiger partial charge in [0.25, 0.3) is 11.8 Å². The Morgan fingerprint density at radius 3 is 1.01 bits per heavy atom. The highest BCUT2D eigenvalue weighted by atomic mass is 19.1. The van der Waals surface area contributed by atoms with Crippen molar-refractivity contribution in [1.29, 1.82) is 0 Å². The van der Waals surface area contributed by atoms with Crippen molar-refractivity contribution in [1.82, 2.24) is 41.7 Å². The zero-order valence-electron chi connectivity index (χ0n) is 54.1. The maximum atomic E-state index is 14.8. The van der Waals surface area contributed by atoms with Crippen LogP contribution in [0.2, 0.25) is 0 Å². The molecule has 2 atom stereocenters. The summed E-state index contributed by atoms with van der Waals surface area (Å²) in [6.45, 7) is -2.82. The van der Waals surface area contributed by atoms with E-state index in [1.54, 1.807) is 84.9 Å². The van der Waals surface area contributed by atoms with Gasteiger partial charge in [-0.1, -0.05) is 152 Å². The third kappa shape index (κ3) is 27.6. The second kappa shape index (κ2) is 40.8. The number of carbonyl (C=O) groups excluding carboxylic acids is 10. The molecule has 22 nitrogen and oxygen atoms in total. The Kier molecular flexibility index (Phi) is 30.9. The van der Waals surface area contributed by atoms with Crippen molar-refractivity contribution in [2.45, 2.75) is 89.9 Å². The van der Waals surface area contributed by atoms with Crippen LogP contribution in [0.15, 0.2) is 194 Å². The summed E-state index contributed by atoms with van der Waals surface area (Å²) in [4.78, 5) is 140. The van der Waals surface area contributed by atoms with Crippen LogP contribution >= 0.6 is 0 Å². The van der Waals surface area contributed by atoms with E-state index in [1.807, 2.05) is 60.7 Å². The first-order valence-electron chi connectivity index (χ1n) is 32.1. The summed E-state index contributed by atoms with van der Waals surface area (Å²) < 4.78 is 49.3. The number of carbonyl (C=O) groups is 10. The molecule has 0 heterocycles. The van der Waals surface area contributed by atoms with Gasteiger partial charge in [0.2, 0.25) is 23.6 Å². The molecule has 0 saturated carbocycles. The monoisotopic (exact) mass is 1340 g/mol. The van der Waals surface area contributed by atoms with E-state index in [9.17, 15) is 56.7 Å². The lowest BCUT2D eigenvalue weighted by molar-refractivity contribution is -0.149. The molecule has 24 heteroatoms. The second-order valence-corrected chi connectivity index (χ2v) is 22.8. The van der Waals surface area contributed by atoms with E-state index in [-0.39, 0.29) is 102 Å². The van der Waals surface area contributed by atoms with E-state index in [2.05, 4.69) is 31.9 Å². The predicted octanol–water partition coefficient (Wildman–Crippen LogP) is 8.22. The summed E-state index contributed by atoms with van der Waals surface area (Å²) in [5, 5.41) is 16.1. The zero-order valence-corrected chi connectivity index (χ0v) is 54.1. The molecule has 8 amide bonds. The topological polar surface area (TPSA) is 286 Å². The molecule has 0 saturated heterocycles. The van der Waals surface area contributed by atoms with Crippen LogP contribution in [0, 0.1) is 11.6 Å². The number of halogens is 2. The first-order chi connectivity index (χ1) is 47.5. The number of hydrogen-bond acceptors (Lipinski definition) is 14. The van der Waals surface area contributed by atoms with E-state index in [1.165, 1.54) is 42.5 Å². The molecule has 0 bridgehead atoms. The normalized spacial score (nSPS) is 11.3. The van der Waals surface area contributed by atoms with E-state index in [4.69, 9.17) is 18.9 Å². The molecule has 514 valence electrons. The van der Waals surface area contributed by atoms with E-state index >= 15 is 0 Å². The molecule has 0 aromatic heterocycles. The molecule has 0 radical (unpaired) electrons. The van der Waals surface area contributed by atoms with E-state index in [0.717, 1.165) is 27.0 Å². The number of alkyl carbamates (subject to hydrolysis) is 2. The van der Waals surface area contributed by atoms with Gasteiger partial charge in [0.05, 0.1) is 0 Å². The fraction of sp³-hybridized carbons (Fsp3) is 0.297. The average molecular weight is 1340 g/mol. The van der Waals surface area contributed by atoms with E-state index < -0.39 is 109 Å². The van der Waals surface area contributed by atoms with Gasteiger partial charge in [-0.15, -0.1) is 0 Å². The van der Waals surface area contributed by atoms with Gasteiger partial charge in [-0.2, -0.15) is 0 Å². The first-order valence-corrected chi connectivity index (χ1v) is 32.1.